The Hall–Kier alpha value is -1.84. The van der Waals surface area contributed by atoms with E-state index in [9.17, 15) is 5.11 Å². The summed E-state index contributed by atoms with van der Waals surface area (Å²) >= 11 is 0. The van der Waals surface area contributed by atoms with Gasteiger partial charge >= 0.3 is 0 Å². The summed E-state index contributed by atoms with van der Waals surface area (Å²) in [6.45, 7) is 4.13. The molecule has 0 amide bonds. The summed E-state index contributed by atoms with van der Waals surface area (Å²) in [4.78, 5) is 0. The molecule has 0 aliphatic heterocycles. The Morgan fingerprint density at radius 1 is 0.955 bits per heavy atom. The number of likely N-dealkylation sites (N-methyl/N-ethyl adjacent to an activating group) is 1. The summed E-state index contributed by atoms with van der Waals surface area (Å²) in [5, 5.41) is 10.1. The van der Waals surface area contributed by atoms with E-state index in [4.69, 9.17) is 4.74 Å². The Morgan fingerprint density at radius 2 is 1.55 bits per heavy atom. The highest BCUT2D eigenvalue weighted by atomic mass is 16.5. The Labute approximate surface area is 133 Å². The zero-order valence-corrected chi connectivity index (χ0v) is 13.7. The van der Waals surface area contributed by atoms with E-state index < -0.39 is 6.10 Å². The van der Waals surface area contributed by atoms with Crippen LogP contribution >= 0.6 is 0 Å². The van der Waals surface area contributed by atoms with Crippen molar-refractivity contribution >= 4 is 0 Å². The number of benzene rings is 2. The van der Waals surface area contributed by atoms with Crippen LogP contribution in [0.2, 0.25) is 0 Å². The fraction of sp³-hybridized carbons (Fsp3) is 0.368. The Balaban J connectivity index is 1.89. The second kappa shape index (κ2) is 7.43. The molecule has 0 unspecified atom stereocenters. The molecular formula is C19H26NO2+. The summed E-state index contributed by atoms with van der Waals surface area (Å²) in [7, 11) is 4.22. The van der Waals surface area contributed by atoms with Crippen LogP contribution in [0.5, 0.6) is 5.75 Å². The van der Waals surface area contributed by atoms with Crippen molar-refractivity contribution in [1.29, 1.82) is 0 Å². The average Bonchev–Trinajstić information content (AvgIpc) is 2.54. The van der Waals surface area contributed by atoms with Crippen molar-refractivity contribution in [3.05, 3.63) is 54.6 Å². The zero-order valence-electron chi connectivity index (χ0n) is 13.7. The maximum absolute atomic E-state index is 10.1. The van der Waals surface area contributed by atoms with Crippen LogP contribution < -0.4 is 4.74 Å². The fourth-order valence-electron chi connectivity index (χ4n) is 2.32. The maximum atomic E-state index is 10.1. The van der Waals surface area contributed by atoms with Gasteiger partial charge in [0.15, 0.2) is 0 Å². The molecule has 0 aromatic heterocycles. The van der Waals surface area contributed by atoms with Gasteiger partial charge in [-0.05, 0) is 30.2 Å². The van der Waals surface area contributed by atoms with Gasteiger partial charge in [0.1, 0.15) is 25.0 Å². The first kappa shape index (κ1) is 16.5. The van der Waals surface area contributed by atoms with Crippen LogP contribution in [-0.4, -0.2) is 49.5 Å². The van der Waals surface area contributed by atoms with Crippen LogP contribution in [-0.2, 0) is 0 Å². The molecule has 0 saturated heterocycles. The van der Waals surface area contributed by atoms with Gasteiger partial charge in [-0.15, -0.1) is 0 Å². The third kappa shape index (κ3) is 4.86. The standard InChI is InChI=1S/C19H26NO2/c1-4-20(2,3)14-18(21)15-22-19-12-10-17(11-13-19)16-8-6-5-7-9-16/h5-13,18,21H,4,14-15H2,1-3H3/q+1/t18-/m0/s1. The molecular weight excluding hydrogens is 274 g/mol. The molecule has 0 aliphatic carbocycles. The first-order valence-electron chi connectivity index (χ1n) is 7.78. The first-order chi connectivity index (χ1) is 10.5. The van der Waals surface area contributed by atoms with Crippen molar-refractivity contribution in [2.45, 2.75) is 13.0 Å². The molecule has 0 aliphatic rings. The molecule has 3 nitrogen and oxygen atoms in total. The first-order valence-corrected chi connectivity index (χ1v) is 7.78. The van der Waals surface area contributed by atoms with Crippen molar-refractivity contribution < 1.29 is 14.3 Å². The molecule has 3 heteroatoms. The van der Waals surface area contributed by atoms with Gasteiger partial charge in [0.05, 0.1) is 20.6 Å². The molecule has 2 aromatic rings. The lowest BCUT2D eigenvalue weighted by molar-refractivity contribution is -0.891. The van der Waals surface area contributed by atoms with E-state index in [2.05, 4.69) is 33.2 Å². The Bertz CT molecular complexity index is 564. The highest BCUT2D eigenvalue weighted by Gasteiger charge is 2.18. The van der Waals surface area contributed by atoms with Gasteiger partial charge in [-0.25, -0.2) is 0 Å². The SMILES string of the molecule is CC[N+](C)(C)C[C@H](O)COc1ccc(-c2ccccc2)cc1. The highest BCUT2D eigenvalue weighted by Crippen LogP contribution is 2.22. The number of aliphatic hydroxyl groups is 1. The summed E-state index contributed by atoms with van der Waals surface area (Å²) in [5.74, 6) is 0.792. The molecule has 0 fully saturated rings. The van der Waals surface area contributed by atoms with E-state index in [1.54, 1.807) is 0 Å². The molecule has 1 atom stereocenters. The molecule has 1 N–H and O–H groups in total. The third-order valence-electron chi connectivity index (χ3n) is 3.96. The van der Waals surface area contributed by atoms with E-state index >= 15 is 0 Å². The van der Waals surface area contributed by atoms with Crippen LogP contribution in [0.4, 0.5) is 0 Å². The number of hydrogen-bond donors (Lipinski definition) is 1. The number of nitrogens with zero attached hydrogens (tertiary/aromatic N) is 1. The van der Waals surface area contributed by atoms with Crippen molar-refractivity contribution in [1.82, 2.24) is 0 Å². The fourth-order valence-corrected chi connectivity index (χ4v) is 2.32. The summed E-state index contributed by atoms with van der Waals surface area (Å²) in [5.41, 5.74) is 2.35. The summed E-state index contributed by atoms with van der Waals surface area (Å²) in [6.07, 6.45) is -0.455. The number of rotatable bonds is 7. The van der Waals surface area contributed by atoms with Crippen LogP contribution in [0.1, 0.15) is 6.92 Å². The maximum Gasteiger partial charge on any atom is 0.137 e. The lowest BCUT2D eigenvalue weighted by Gasteiger charge is -2.30. The molecule has 118 valence electrons. The van der Waals surface area contributed by atoms with E-state index in [1.165, 1.54) is 5.56 Å². The molecule has 2 rings (SSSR count). The van der Waals surface area contributed by atoms with E-state index in [-0.39, 0.29) is 0 Å². The van der Waals surface area contributed by atoms with E-state index in [0.717, 1.165) is 22.3 Å². The van der Waals surface area contributed by atoms with Crippen molar-refractivity contribution in [3.8, 4) is 16.9 Å². The van der Waals surface area contributed by atoms with E-state index in [1.807, 2.05) is 42.5 Å². The third-order valence-corrected chi connectivity index (χ3v) is 3.96. The normalized spacial score (nSPS) is 12.9. The van der Waals surface area contributed by atoms with Crippen molar-refractivity contribution in [2.24, 2.45) is 0 Å². The van der Waals surface area contributed by atoms with Crippen LogP contribution in [0.25, 0.3) is 11.1 Å². The number of aliphatic hydroxyl groups excluding tert-OH is 1. The van der Waals surface area contributed by atoms with Crippen LogP contribution in [0.3, 0.4) is 0 Å². The van der Waals surface area contributed by atoms with E-state index in [0.29, 0.717) is 13.2 Å². The van der Waals surface area contributed by atoms with Gasteiger partial charge in [0, 0.05) is 0 Å². The van der Waals surface area contributed by atoms with Gasteiger partial charge in [0.2, 0.25) is 0 Å². The molecule has 0 spiro atoms. The summed E-state index contributed by atoms with van der Waals surface area (Å²) < 4.78 is 6.48. The van der Waals surface area contributed by atoms with Crippen LogP contribution in [0.15, 0.2) is 54.6 Å². The number of hydrogen-bond acceptors (Lipinski definition) is 2. The second-order valence-corrected chi connectivity index (χ2v) is 6.29. The van der Waals surface area contributed by atoms with Gasteiger partial charge in [-0.2, -0.15) is 0 Å². The molecule has 2 aromatic carbocycles. The van der Waals surface area contributed by atoms with Crippen molar-refractivity contribution in [3.63, 3.8) is 0 Å². The molecule has 22 heavy (non-hydrogen) atoms. The van der Waals surface area contributed by atoms with Gasteiger partial charge in [-0.3, -0.25) is 0 Å². The smallest absolute Gasteiger partial charge is 0.137 e. The number of ether oxygens (including phenoxy) is 1. The predicted molar refractivity (Wildman–Crippen MR) is 90.9 cm³/mol. The van der Waals surface area contributed by atoms with Crippen LogP contribution in [0, 0.1) is 0 Å². The minimum Gasteiger partial charge on any atom is -0.491 e. The predicted octanol–water partition coefficient (Wildman–Crippen LogP) is 3.19. The molecule has 0 bridgehead atoms. The van der Waals surface area contributed by atoms with Gasteiger partial charge in [-0.1, -0.05) is 42.5 Å². The monoisotopic (exact) mass is 300 g/mol. The summed E-state index contributed by atoms with van der Waals surface area (Å²) in [6, 6.07) is 18.2. The van der Waals surface area contributed by atoms with Gasteiger partial charge < -0.3 is 14.3 Å². The topological polar surface area (TPSA) is 29.5 Å². The number of quaternary nitrogens is 1. The minimum absolute atomic E-state index is 0.326. The molecule has 0 radical (unpaired) electrons. The Morgan fingerprint density at radius 3 is 2.14 bits per heavy atom. The average molecular weight is 300 g/mol. The molecule has 0 heterocycles. The minimum atomic E-state index is -0.455. The van der Waals surface area contributed by atoms with Crippen molar-refractivity contribution in [2.75, 3.05) is 33.8 Å². The quantitative estimate of drug-likeness (QED) is 0.796. The Kier molecular flexibility index (Phi) is 5.58. The zero-order chi connectivity index (χ0) is 16.0. The lowest BCUT2D eigenvalue weighted by atomic mass is 10.1. The van der Waals surface area contributed by atoms with Gasteiger partial charge in [0.25, 0.3) is 0 Å². The second-order valence-electron chi connectivity index (χ2n) is 6.29. The highest BCUT2D eigenvalue weighted by molar-refractivity contribution is 5.63. The molecule has 0 saturated carbocycles. The largest absolute Gasteiger partial charge is 0.491 e. The lowest BCUT2D eigenvalue weighted by Crippen LogP contribution is -2.46.